The summed E-state index contributed by atoms with van der Waals surface area (Å²) in [6, 6.07) is 24.3. The zero-order chi connectivity index (χ0) is 18.8. The lowest BCUT2D eigenvalue weighted by molar-refractivity contribution is 0.102. The van der Waals surface area contributed by atoms with E-state index in [4.69, 9.17) is 0 Å². The molecule has 0 unspecified atom stereocenters. The van der Waals surface area contributed by atoms with Crippen molar-refractivity contribution in [3.05, 3.63) is 100 Å². The highest BCUT2D eigenvalue weighted by Gasteiger charge is 2.17. The molecule has 0 saturated heterocycles. The minimum atomic E-state index is -0.224. The number of amides is 1. The summed E-state index contributed by atoms with van der Waals surface area (Å²) in [6.45, 7) is 1.98. The second kappa shape index (κ2) is 7.17. The zero-order valence-corrected chi connectivity index (χ0v) is 15.5. The molecule has 3 aromatic carbocycles. The molecule has 1 aromatic heterocycles. The van der Waals surface area contributed by atoms with Crippen molar-refractivity contribution in [2.75, 3.05) is 5.32 Å². The summed E-state index contributed by atoms with van der Waals surface area (Å²) in [4.78, 5) is 25.9. The molecule has 1 N–H and O–H groups in total. The van der Waals surface area contributed by atoms with Crippen molar-refractivity contribution in [3.8, 4) is 11.1 Å². The molecule has 4 aromatic rings. The van der Waals surface area contributed by atoms with Crippen LogP contribution in [0.3, 0.4) is 0 Å². The third kappa shape index (κ3) is 3.39. The van der Waals surface area contributed by atoms with Crippen molar-refractivity contribution in [1.29, 1.82) is 0 Å². The van der Waals surface area contributed by atoms with Gasteiger partial charge in [0.1, 0.15) is 5.00 Å². The van der Waals surface area contributed by atoms with Crippen LogP contribution in [-0.4, -0.2) is 5.91 Å². The van der Waals surface area contributed by atoms with E-state index in [0.29, 0.717) is 21.5 Å². The molecule has 0 bridgehead atoms. The third-order valence-electron chi connectivity index (χ3n) is 4.40. The summed E-state index contributed by atoms with van der Waals surface area (Å²) < 4.78 is 0.849. The van der Waals surface area contributed by atoms with E-state index < -0.39 is 0 Å². The Labute approximate surface area is 160 Å². The summed E-state index contributed by atoms with van der Waals surface area (Å²) in [5.74, 6) is -0.224. The summed E-state index contributed by atoms with van der Waals surface area (Å²) in [5, 5.41) is 4.18. The molecule has 0 atom stereocenters. The van der Waals surface area contributed by atoms with E-state index >= 15 is 0 Å². The van der Waals surface area contributed by atoms with E-state index in [1.165, 1.54) is 11.3 Å². The third-order valence-corrected chi connectivity index (χ3v) is 5.49. The highest BCUT2D eigenvalue weighted by molar-refractivity contribution is 7.22. The quantitative estimate of drug-likeness (QED) is 0.518. The van der Waals surface area contributed by atoms with E-state index in [1.54, 1.807) is 12.1 Å². The topological polar surface area (TPSA) is 46.2 Å². The van der Waals surface area contributed by atoms with Crippen LogP contribution in [0.2, 0.25) is 0 Å². The Morgan fingerprint density at radius 1 is 0.852 bits per heavy atom. The van der Waals surface area contributed by atoms with Crippen LogP contribution in [0.5, 0.6) is 0 Å². The first-order chi connectivity index (χ1) is 13.1. The Kier molecular flexibility index (Phi) is 4.57. The number of aryl methyl sites for hydroxylation is 1. The van der Waals surface area contributed by atoms with Crippen molar-refractivity contribution >= 4 is 32.3 Å². The molecule has 1 amide bonds. The number of hydrogen-bond donors (Lipinski definition) is 1. The number of anilines is 1. The van der Waals surface area contributed by atoms with Gasteiger partial charge >= 0.3 is 0 Å². The van der Waals surface area contributed by atoms with Crippen molar-refractivity contribution in [3.63, 3.8) is 0 Å². The number of nitrogens with one attached hydrogen (secondary N) is 1. The fraction of sp³-hybridized carbons (Fsp3) is 0.0435. The molecule has 0 aliphatic heterocycles. The average Bonchev–Trinajstić information content (AvgIpc) is 2.69. The highest BCUT2D eigenvalue weighted by Crippen LogP contribution is 2.33. The fourth-order valence-electron chi connectivity index (χ4n) is 2.98. The van der Waals surface area contributed by atoms with Crippen molar-refractivity contribution < 1.29 is 4.79 Å². The molecule has 0 aliphatic carbocycles. The molecule has 0 fully saturated rings. The first-order valence-electron chi connectivity index (χ1n) is 8.63. The number of carbonyl (C=O) groups excluding carboxylic acids is 1. The first-order valence-corrected chi connectivity index (χ1v) is 9.44. The van der Waals surface area contributed by atoms with Crippen LogP contribution in [0.1, 0.15) is 15.9 Å². The number of rotatable bonds is 3. The van der Waals surface area contributed by atoms with Crippen LogP contribution in [0, 0.1) is 6.92 Å². The molecule has 132 valence electrons. The Hall–Kier alpha value is -3.24. The minimum absolute atomic E-state index is 0.0743. The van der Waals surface area contributed by atoms with Gasteiger partial charge in [-0.1, -0.05) is 60.2 Å². The second-order valence-electron chi connectivity index (χ2n) is 6.32. The maximum atomic E-state index is 13.2. The normalized spacial score (nSPS) is 10.7. The lowest BCUT2D eigenvalue weighted by atomic mass is 10.1. The van der Waals surface area contributed by atoms with Gasteiger partial charge in [-0.15, -0.1) is 11.3 Å². The molecule has 1 heterocycles. The number of fused-ring (bicyclic) bond motifs is 1. The van der Waals surface area contributed by atoms with Gasteiger partial charge in [-0.05, 0) is 36.8 Å². The van der Waals surface area contributed by atoms with E-state index in [9.17, 15) is 9.59 Å². The summed E-state index contributed by atoms with van der Waals surface area (Å²) in [5.41, 5.74) is 2.90. The van der Waals surface area contributed by atoms with Crippen LogP contribution < -0.4 is 10.7 Å². The van der Waals surface area contributed by atoms with E-state index in [2.05, 4.69) is 5.32 Å². The molecule has 4 rings (SSSR count). The second-order valence-corrected chi connectivity index (χ2v) is 7.37. The summed E-state index contributed by atoms with van der Waals surface area (Å²) in [7, 11) is 0. The van der Waals surface area contributed by atoms with Gasteiger partial charge in [-0.3, -0.25) is 9.59 Å². The van der Waals surface area contributed by atoms with Crippen molar-refractivity contribution in [1.82, 2.24) is 0 Å². The van der Waals surface area contributed by atoms with Gasteiger partial charge in [-0.25, -0.2) is 0 Å². The molecule has 0 spiro atoms. The Bertz CT molecular complexity index is 1180. The summed E-state index contributed by atoms with van der Waals surface area (Å²) >= 11 is 1.42. The van der Waals surface area contributed by atoms with Gasteiger partial charge in [-0.2, -0.15) is 0 Å². The molecular weight excluding hydrogens is 354 g/mol. The lowest BCUT2D eigenvalue weighted by Crippen LogP contribution is -2.15. The number of benzene rings is 3. The average molecular weight is 371 g/mol. The lowest BCUT2D eigenvalue weighted by Gasteiger charge is -2.12. The van der Waals surface area contributed by atoms with Gasteiger partial charge in [0.25, 0.3) is 5.91 Å². The van der Waals surface area contributed by atoms with Crippen LogP contribution >= 0.6 is 11.3 Å². The largest absolute Gasteiger partial charge is 0.313 e. The Morgan fingerprint density at radius 3 is 2.26 bits per heavy atom. The molecule has 3 nitrogen and oxygen atoms in total. The zero-order valence-electron chi connectivity index (χ0n) is 14.7. The van der Waals surface area contributed by atoms with Crippen LogP contribution in [0.25, 0.3) is 21.2 Å². The number of hydrogen-bond acceptors (Lipinski definition) is 3. The van der Waals surface area contributed by atoms with E-state index in [1.807, 2.05) is 73.7 Å². The standard InChI is InChI=1S/C23H17NO2S/c1-15-11-13-17(14-12-15)22(26)24-23-20(16-7-3-2-4-8-16)21(25)18-9-5-6-10-19(18)27-23/h2-14H,1H3,(H,24,26). The SMILES string of the molecule is Cc1ccc(C(=O)Nc2sc3ccccc3c(=O)c2-c2ccccc2)cc1. The van der Waals surface area contributed by atoms with Crippen molar-refractivity contribution in [2.45, 2.75) is 6.92 Å². The maximum absolute atomic E-state index is 13.2. The monoisotopic (exact) mass is 371 g/mol. The van der Waals surface area contributed by atoms with Gasteiger partial charge in [0.2, 0.25) is 0 Å². The highest BCUT2D eigenvalue weighted by atomic mass is 32.1. The van der Waals surface area contributed by atoms with Crippen molar-refractivity contribution in [2.24, 2.45) is 0 Å². The smallest absolute Gasteiger partial charge is 0.256 e. The molecule has 27 heavy (non-hydrogen) atoms. The van der Waals surface area contributed by atoms with Crippen LogP contribution in [0.15, 0.2) is 83.7 Å². The van der Waals surface area contributed by atoms with Gasteiger partial charge in [0.15, 0.2) is 5.43 Å². The molecule has 0 radical (unpaired) electrons. The predicted octanol–water partition coefficient (Wildman–Crippen LogP) is 5.49. The Morgan fingerprint density at radius 2 is 1.52 bits per heavy atom. The number of carbonyl (C=O) groups is 1. The predicted molar refractivity (Wildman–Crippen MR) is 113 cm³/mol. The van der Waals surface area contributed by atoms with Crippen LogP contribution in [0.4, 0.5) is 5.00 Å². The molecular formula is C23H17NO2S. The Balaban J connectivity index is 1.87. The van der Waals surface area contributed by atoms with Gasteiger partial charge in [0.05, 0.1) is 5.56 Å². The van der Waals surface area contributed by atoms with E-state index in [-0.39, 0.29) is 11.3 Å². The summed E-state index contributed by atoms with van der Waals surface area (Å²) in [6.07, 6.45) is 0. The molecule has 4 heteroatoms. The van der Waals surface area contributed by atoms with Gasteiger partial charge in [0, 0.05) is 15.6 Å². The fourth-order valence-corrected chi connectivity index (χ4v) is 4.07. The molecule has 0 saturated carbocycles. The maximum Gasteiger partial charge on any atom is 0.256 e. The van der Waals surface area contributed by atoms with Crippen LogP contribution in [-0.2, 0) is 0 Å². The molecule has 0 aliphatic rings. The first kappa shape index (κ1) is 17.2. The van der Waals surface area contributed by atoms with E-state index in [0.717, 1.165) is 15.8 Å². The van der Waals surface area contributed by atoms with Gasteiger partial charge < -0.3 is 5.32 Å². The minimum Gasteiger partial charge on any atom is -0.313 e.